The van der Waals surface area contributed by atoms with Crippen molar-refractivity contribution in [2.45, 2.75) is 26.4 Å². The Kier molecular flexibility index (Phi) is 5.08. The van der Waals surface area contributed by atoms with E-state index in [4.69, 9.17) is 9.47 Å². The zero-order valence-corrected chi connectivity index (χ0v) is 15.2. The van der Waals surface area contributed by atoms with E-state index in [9.17, 15) is 4.79 Å². The molecule has 3 heteroatoms. The summed E-state index contributed by atoms with van der Waals surface area (Å²) in [5.74, 6) is 0.499. The summed E-state index contributed by atoms with van der Waals surface area (Å²) >= 11 is 0. The highest BCUT2D eigenvalue weighted by atomic mass is 16.7. The zero-order chi connectivity index (χ0) is 18.6. The van der Waals surface area contributed by atoms with Crippen LogP contribution in [0.4, 0.5) is 4.79 Å². The van der Waals surface area contributed by atoms with E-state index in [2.05, 4.69) is 0 Å². The van der Waals surface area contributed by atoms with Gasteiger partial charge in [-0.25, -0.2) is 4.79 Å². The first kappa shape index (κ1) is 17.7. The van der Waals surface area contributed by atoms with Gasteiger partial charge in [0.15, 0.2) is 0 Å². The van der Waals surface area contributed by atoms with Crippen molar-refractivity contribution < 1.29 is 14.3 Å². The van der Waals surface area contributed by atoms with Crippen molar-refractivity contribution in [3.63, 3.8) is 0 Å². The van der Waals surface area contributed by atoms with E-state index < -0.39 is 11.8 Å². The van der Waals surface area contributed by atoms with E-state index in [0.717, 1.165) is 22.3 Å². The third-order valence-corrected chi connectivity index (χ3v) is 3.76. The molecule has 0 heterocycles. The second-order valence-electron chi connectivity index (χ2n) is 6.98. The van der Waals surface area contributed by atoms with Gasteiger partial charge >= 0.3 is 6.16 Å². The number of hydrogen-bond donors (Lipinski definition) is 0. The van der Waals surface area contributed by atoms with Crippen LogP contribution in [0.5, 0.6) is 5.75 Å². The Morgan fingerprint density at radius 2 is 1.15 bits per heavy atom. The molecule has 3 aromatic carbocycles. The summed E-state index contributed by atoms with van der Waals surface area (Å²) in [7, 11) is 0. The van der Waals surface area contributed by atoms with Gasteiger partial charge in [-0.3, -0.25) is 0 Å². The molecule has 26 heavy (non-hydrogen) atoms. The number of ether oxygens (including phenoxy) is 2. The number of carbonyl (C=O) groups excluding carboxylic acids is 1. The van der Waals surface area contributed by atoms with E-state index in [-0.39, 0.29) is 0 Å². The van der Waals surface area contributed by atoms with Crippen molar-refractivity contribution in [1.29, 1.82) is 0 Å². The number of hydrogen-bond acceptors (Lipinski definition) is 3. The van der Waals surface area contributed by atoms with Crippen molar-refractivity contribution in [2.75, 3.05) is 0 Å². The Balaban J connectivity index is 2.10. The van der Waals surface area contributed by atoms with Crippen LogP contribution in [0, 0.1) is 0 Å². The first-order chi connectivity index (χ1) is 12.4. The highest BCUT2D eigenvalue weighted by Crippen LogP contribution is 2.39. The average molecular weight is 346 g/mol. The zero-order valence-electron chi connectivity index (χ0n) is 15.2. The molecule has 3 aromatic rings. The molecule has 0 N–H and O–H groups in total. The molecule has 0 saturated carbocycles. The highest BCUT2D eigenvalue weighted by molar-refractivity contribution is 5.85. The van der Waals surface area contributed by atoms with Gasteiger partial charge in [-0.05, 0) is 31.9 Å². The molecule has 0 aromatic heterocycles. The second kappa shape index (κ2) is 7.44. The maximum atomic E-state index is 12.4. The maximum Gasteiger partial charge on any atom is 0.514 e. The van der Waals surface area contributed by atoms with Crippen LogP contribution < -0.4 is 4.74 Å². The van der Waals surface area contributed by atoms with Crippen LogP contribution in [-0.4, -0.2) is 11.8 Å². The van der Waals surface area contributed by atoms with Gasteiger partial charge in [-0.15, -0.1) is 0 Å². The highest BCUT2D eigenvalue weighted by Gasteiger charge is 2.22. The lowest BCUT2D eigenvalue weighted by molar-refractivity contribution is 0.0208. The Bertz CT molecular complexity index is 821. The quantitative estimate of drug-likeness (QED) is 0.410. The number of carbonyl (C=O) groups is 1. The van der Waals surface area contributed by atoms with Crippen molar-refractivity contribution in [1.82, 2.24) is 0 Å². The molecule has 3 rings (SSSR count). The molecule has 0 radical (unpaired) electrons. The first-order valence-corrected chi connectivity index (χ1v) is 8.59. The van der Waals surface area contributed by atoms with Gasteiger partial charge in [0.05, 0.1) is 0 Å². The molecule has 0 aliphatic rings. The van der Waals surface area contributed by atoms with Crippen LogP contribution in [0.3, 0.4) is 0 Å². The summed E-state index contributed by atoms with van der Waals surface area (Å²) in [5.41, 5.74) is 3.02. The standard InChI is InChI=1S/C23H22O3/c1-23(2,3)26-22(24)25-21-19(17-11-6-4-7-12-17)15-10-16-20(21)18-13-8-5-9-14-18/h4-16H,1-3H3. The molecule has 0 aliphatic heterocycles. The SMILES string of the molecule is CC(C)(C)OC(=O)Oc1c(-c2ccccc2)cccc1-c1ccccc1. The third kappa shape index (κ3) is 4.31. The summed E-state index contributed by atoms with van der Waals surface area (Å²) in [6.07, 6.45) is -0.710. The average Bonchev–Trinajstić information content (AvgIpc) is 2.62. The summed E-state index contributed by atoms with van der Waals surface area (Å²) in [6.45, 7) is 5.44. The van der Waals surface area contributed by atoms with E-state index >= 15 is 0 Å². The first-order valence-electron chi connectivity index (χ1n) is 8.59. The van der Waals surface area contributed by atoms with E-state index in [1.54, 1.807) is 0 Å². The molecule has 0 fully saturated rings. The van der Waals surface area contributed by atoms with Crippen LogP contribution in [0.15, 0.2) is 78.9 Å². The number of para-hydroxylation sites is 1. The van der Waals surface area contributed by atoms with Crippen LogP contribution in [0.2, 0.25) is 0 Å². The third-order valence-electron chi connectivity index (χ3n) is 3.76. The summed E-state index contributed by atoms with van der Waals surface area (Å²) < 4.78 is 11.1. The largest absolute Gasteiger partial charge is 0.514 e. The van der Waals surface area contributed by atoms with Gasteiger partial charge in [-0.1, -0.05) is 78.9 Å². The minimum Gasteiger partial charge on any atom is -0.428 e. The lowest BCUT2D eigenvalue weighted by atomic mass is 9.97. The minimum absolute atomic E-state index is 0.499. The van der Waals surface area contributed by atoms with Crippen molar-refractivity contribution in [2.24, 2.45) is 0 Å². The van der Waals surface area contributed by atoms with Crippen LogP contribution in [0.25, 0.3) is 22.3 Å². The predicted octanol–water partition coefficient (Wildman–Crippen LogP) is 6.33. The smallest absolute Gasteiger partial charge is 0.428 e. The molecule has 132 valence electrons. The lowest BCUT2D eigenvalue weighted by Crippen LogP contribution is -2.26. The topological polar surface area (TPSA) is 35.5 Å². The second-order valence-corrected chi connectivity index (χ2v) is 6.98. The lowest BCUT2D eigenvalue weighted by Gasteiger charge is -2.21. The van der Waals surface area contributed by atoms with Gasteiger partial charge in [0.1, 0.15) is 11.4 Å². The van der Waals surface area contributed by atoms with E-state index in [1.807, 2.05) is 99.6 Å². The molecule has 0 saturated heterocycles. The van der Waals surface area contributed by atoms with Crippen molar-refractivity contribution in [3.8, 4) is 28.0 Å². The molecule has 0 bridgehead atoms. The number of benzene rings is 3. The fourth-order valence-electron chi connectivity index (χ4n) is 2.69. The summed E-state index contributed by atoms with van der Waals surface area (Å²) in [5, 5.41) is 0. The summed E-state index contributed by atoms with van der Waals surface area (Å²) in [6, 6.07) is 25.6. The maximum absolute atomic E-state index is 12.4. The summed E-state index contributed by atoms with van der Waals surface area (Å²) in [4.78, 5) is 12.4. The van der Waals surface area contributed by atoms with Crippen LogP contribution in [0.1, 0.15) is 20.8 Å². The molecule has 0 spiro atoms. The van der Waals surface area contributed by atoms with Gasteiger partial charge in [0.2, 0.25) is 0 Å². The molecular weight excluding hydrogens is 324 g/mol. The van der Waals surface area contributed by atoms with Gasteiger partial charge in [0, 0.05) is 11.1 Å². The molecular formula is C23H22O3. The Morgan fingerprint density at radius 3 is 1.58 bits per heavy atom. The molecule has 0 aliphatic carbocycles. The van der Waals surface area contributed by atoms with Gasteiger partial charge in [-0.2, -0.15) is 0 Å². The van der Waals surface area contributed by atoms with Crippen LogP contribution in [-0.2, 0) is 4.74 Å². The van der Waals surface area contributed by atoms with E-state index in [1.165, 1.54) is 0 Å². The van der Waals surface area contributed by atoms with Crippen molar-refractivity contribution in [3.05, 3.63) is 78.9 Å². The number of rotatable bonds is 3. The predicted molar refractivity (Wildman–Crippen MR) is 104 cm³/mol. The Labute approximate surface area is 154 Å². The fourth-order valence-corrected chi connectivity index (χ4v) is 2.69. The Morgan fingerprint density at radius 1 is 0.692 bits per heavy atom. The minimum atomic E-state index is -0.710. The van der Waals surface area contributed by atoms with Gasteiger partial charge in [0.25, 0.3) is 0 Å². The monoisotopic (exact) mass is 346 g/mol. The molecule has 0 unspecified atom stereocenters. The molecule has 0 amide bonds. The molecule has 3 nitrogen and oxygen atoms in total. The van der Waals surface area contributed by atoms with Gasteiger partial charge < -0.3 is 9.47 Å². The Hall–Kier alpha value is -3.07. The molecule has 0 atom stereocenters. The van der Waals surface area contributed by atoms with Crippen LogP contribution >= 0.6 is 0 Å². The normalized spacial score (nSPS) is 11.0. The fraction of sp³-hybridized carbons (Fsp3) is 0.174. The van der Waals surface area contributed by atoms with E-state index in [0.29, 0.717) is 5.75 Å². The van der Waals surface area contributed by atoms with Crippen molar-refractivity contribution >= 4 is 6.16 Å².